The third-order valence-electron chi connectivity index (χ3n) is 3.98. The SMILES string of the molecule is CC(C)(C)OC(=O)N1CCC(COS(C)(=O)=O)(Nc2cc(Cl)nc(Cl)n2)CC1. The second-order valence-electron chi connectivity index (χ2n) is 7.68. The van der Waals surface area contributed by atoms with Gasteiger partial charge in [0.25, 0.3) is 10.1 Å². The number of likely N-dealkylation sites (tertiary alicyclic amines) is 1. The molecule has 0 aliphatic carbocycles. The van der Waals surface area contributed by atoms with Crippen molar-refractivity contribution in [1.82, 2.24) is 14.9 Å². The van der Waals surface area contributed by atoms with Gasteiger partial charge in [0, 0.05) is 19.2 Å². The molecule has 1 N–H and O–H groups in total. The number of piperidine rings is 1. The third kappa shape index (κ3) is 7.23. The first kappa shape index (κ1) is 22.9. The number of hydrogen-bond donors (Lipinski definition) is 1. The quantitative estimate of drug-likeness (QED) is 0.410. The number of carbonyl (C=O) groups excluding carboxylic acids is 1. The summed E-state index contributed by atoms with van der Waals surface area (Å²) in [6, 6.07) is 1.48. The zero-order valence-electron chi connectivity index (χ0n) is 16.2. The molecule has 1 aliphatic rings. The van der Waals surface area contributed by atoms with Crippen LogP contribution in [0.15, 0.2) is 6.07 Å². The fourth-order valence-electron chi connectivity index (χ4n) is 2.69. The molecule has 0 bridgehead atoms. The molecule has 9 nitrogen and oxygen atoms in total. The Morgan fingerprint density at radius 3 is 2.39 bits per heavy atom. The van der Waals surface area contributed by atoms with Crippen LogP contribution < -0.4 is 5.32 Å². The number of anilines is 1. The Morgan fingerprint density at radius 2 is 1.89 bits per heavy atom. The second-order valence-corrected chi connectivity index (χ2v) is 10.1. The van der Waals surface area contributed by atoms with Gasteiger partial charge in [-0.05, 0) is 45.2 Å². The van der Waals surface area contributed by atoms with Crippen LogP contribution in [0.2, 0.25) is 10.4 Å². The molecule has 0 spiro atoms. The van der Waals surface area contributed by atoms with E-state index in [0.29, 0.717) is 31.7 Å². The number of nitrogens with one attached hydrogen (secondary N) is 1. The normalized spacial score (nSPS) is 17.3. The fraction of sp³-hybridized carbons (Fsp3) is 0.688. The van der Waals surface area contributed by atoms with Crippen molar-refractivity contribution in [3.8, 4) is 0 Å². The van der Waals surface area contributed by atoms with Gasteiger partial charge in [-0.25, -0.2) is 14.8 Å². The van der Waals surface area contributed by atoms with Gasteiger partial charge in [0.05, 0.1) is 18.4 Å². The van der Waals surface area contributed by atoms with E-state index >= 15 is 0 Å². The molecule has 2 rings (SSSR count). The van der Waals surface area contributed by atoms with Crippen LogP contribution in [0.5, 0.6) is 0 Å². The fourth-order valence-corrected chi connectivity index (χ4v) is 3.54. The summed E-state index contributed by atoms with van der Waals surface area (Å²) in [6.07, 6.45) is 1.37. The van der Waals surface area contributed by atoms with E-state index in [4.69, 9.17) is 32.1 Å². The van der Waals surface area contributed by atoms with E-state index < -0.39 is 27.4 Å². The average Bonchev–Trinajstić information content (AvgIpc) is 2.50. The van der Waals surface area contributed by atoms with Crippen molar-refractivity contribution >= 4 is 45.2 Å². The first-order valence-corrected chi connectivity index (χ1v) is 11.1. The molecule has 0 aromatic carbocycles. The number of halogens is 2. The highest BCUT2D eigenvalue weighted by atomic mass is 35.5. The topological polar surface area (TPSA) is 111 Å². The Kier molecular flexibility index (Phi) is 7.01. The second kappa shape index (κ2) is 8.56. The predicted molar refractivity (Wildman–Crippen MR) is 106 cm³/mol. The van der Waals surface area contributed by atoms with Gasteiger partial charge in [0.2, 0.25) is 5.28 Å². The van der Waals surface area contributed by atoms with E-state index in [9.17, 15) is 13.2 Å². The molecular formula is C16H24Cl2N4O5S. The summed E-state index contributed by atoms with van der Waals surface area (Å²) in [5.41, 5.74) is -1.39. The number of ether oxygens (including phenoxy) is 1. The third-order valence-corrected chi connectivity index (χ3v) is 4.89. The highest BCUT2D eigenvalue weighted by molar-refractivity contribution is 7.85. The van der Waals surface area contributed by atoms with Gasteiger partial charge < -0.3 is 15.0 Å². The first-order chi connectivity index (χ1) is 12.8. The maximum Gasteiger partial charge on any atom is 0.410 e. The molecular weight excluding hydrogens is 431 g/mol. The molecule has 28 heavy (non-hydrogen) atoms. The van der Waals surface area contributed by atoms with E-state index in [0.717, 1.165) is 6.26 Å². The lowest BCUT2D eigenvalue weighted by Gasteiger charge is -2.42. The molecule has 1 fully saturated rings. The van der Waals surface area contributed by atoms with Gasteiger partial charge in [-0.15, -0.1) is 0 Å². The minimum absolute atomic E-state index is 0.0413. The van der Waals surface area contributed by atoms with Crippen LogP contribution in [-0.4, -0.2) is 66.5 Å². The van der Waals surface area contributed by atoms with Crippen molar-refractivity contribution < 1.29 is 22.1 Å². The first-order valence-electron chi connectivity index (χ1n) is 8.58. The molecule has 1 aromatic rings. The molecule has 1 amide bonds. The van der Waals surface area contributed by atoms with E-state index in [1.54, 1.807) is 25.7 Å². The van der Waals surface area contributed by atoms with Gasteiger partial charge in [-0.3, -0.25) is 4.18 Å². The van der Waals surface area contributed by atoms with Crippen molar-refractivity contribution in [3.05, 3.63) is 16.5 Å². The van der Waals surface area contributed by atoms with E-state index in [2.05, 4.69) is 15.3 Å². The maximum absolute atomic E-state index is 12.3. The molecule has 0 saturated carbocycles. The summed E-state index contributed by atoms with van der Waals surface area (Å²) in [7, 11) is -3.65. The maximum atomic E-state index is 12.3. The lowest BCUT2D eigenvalue weighted by molar-refractivity contribution is 0.0156. The van der Waals surface area contributed by atoms with Crippen LogP contribution >= 0.6 is 23.2 Å². The van der Waals surface area contributed by atoms with Crippen molar-refractivity contribution in [2.45, 2.75) is 44.8 Å². The number of rotatable bonds is 5. The lowest BCUT2D eigenvalue weighted by atomic mass is 9.88. The highest BCUT2D eigenvalue weighted by Gasteiger charge is 2.39. The summed E-state index contributed by atoms with van der Waals surface area (Å²) < 4.78 is 33.4. The van der Waals surface area contributed by atoms with Gasteiger partial charge in [0.1, 0.15) is 16.6 Å². The van der Waals surface area contributed by atoms with Crippen LogP contribution in [0.3, 0.4) is 0 Å². The van der Waals surface area contributed by atoms with Gasteiger partial charge in [0.15, 0.2) is 0 Å². The lowest BCUT2D eigenvalue weighted by Crippen LogP contribution is -2.54. The van der Waals surface area contributed by atoms with Gasteiger partial charge in [-0.1, -0.05) is 11.6 Å². The number of aromatic nitrogens is 2. The molecule has 1 saturated heterocycles. The molecule has 0 radical (unpaired) electrons. The average molecular weight is 455 g/mol. The summed E-state index contributed by atoms with van der Waals surface area (Å²) >= 11 is 11.8. The van der Waals surface area contributed by atoms with Crippen LogP contribution in [-0.2, 0) is 19.0 Å². The number of carbonyl (C=O) groups is 1. The summed E-state index contributed by atoms with van der Waals surface area (Å²) in [5.74, 6) is 0.341. The molecule has 12 heteroatoms. The minimum atomic E-state index is -3.65. The Bertz CT molecular complexity index is 801. The molecule has 2 heterocycles. The monoisotopic (exact) mass is 454 g/mol. The van der Waals surface area contributed by atoms with Gasteiger partial charge >= 0.3 is 6.09 Å². The molecule has 0 unspecified atom stereocenters. The minimum Gasteiger partial charge on any atom is -0.444 e. The van der Waals surface area contributed by atoms with Crippen LogP contribution in [0.1, 0.15) is 33.6 Å². The largest absolute Gasteiger partial charge is 0.444 e. The molecule has 1 aliphatic heterocycles. The standard InChI is InChI=1S/C16H24Cl2N4O5S/c1-15(2,3)27-14(23)22-7-5-16(6-8-22,10-26-28(4,24)25)21-12-9-11(17)19-13(18)20-12/h9H,5-8,10H2,1-4H3,(H,19,20,21). The molecule has 158 valence electrons. The van der Waals surface area contributed by atoms with Crippen LogP contribution in [0.4, 0.5) is 10.6 Å². The van der Waals surface area contributed by atoms with Crippen molar-refractivity contribution in [2.75, 3.05) is 31.3 Å². The summed E-state index contributed by atoms with van der Waals surface area (Å²) in [5, 5.41) is 3.27. The van der Waals surface area contributed by atoms with E-state index in [1.165, 1.54) is 6.07 Å². The smallest absolute Gasteiger partial charge is 0.410 e. The van der Waals surface area contributed by atoms with Gasteiger partial charge in [-0.2, -0.15) is 8.42 Å². The number of amides is 1. The Balaban J connectivity index is 2.16. The predicted octanol–water partition coefficient (Wildman–Crippen LogP) is 2.94. The Labute approximate surface area is 174 Å². The zero-order chi connectivity index (χ0) is 21.2. The van der Waals surface area contributed by atoms with E-state index in [1.807, 2.05) is 0 Å². The van der Waals surface area contributed by atoms with Crippen molar-refractivity contribution in [2.24, 2.45) is 0 Å². The number of nitrogens with zero attached hydrogens (tertiary/aromatic N) is 3. The van der Waals surface area contributed by atoms with Crippen LogP contribution in [0.25, 0.3) is 0 Å². The highest BCUT2D eigenvalue weighted by Crippen LogP contribution is 2.29. The Morgan fingerprint density at radius 1 is 1.29 bits per heavy atom. The molecule has 0 atom stereocenters. The molecule has 1 aromatic heterocycles. The summed E-state index contributed by atoms with van der Waals surface area (Å²) in [6.45, 7) is 5.95. The Hall–Kier alpha value is -1.36. The number of hydrogen-bond acceptors (Lipinski definition) is 8. The van der Waals surface area contributed by atoms with E-state index in [-0.39, 0.29) is 17.0 Å². The van der Waals surface area contributed by atoms with Crippen molar-refractivity contribution in [3.63, 3.8) is 0 Å². The zero-order valence-corrected chi connectivity index (χ0v) is 18.5. The van der Waals surface area contributed by atoms with Crippen LogP contribution in [0, 0.1) is 0 Å². The summed E-state index contributed by atoms with van der Waals surface area (Å²) in [4.78, 5) is 21.7. The van der Waals surface area contributed by atoms with Crippen molar-refractivity contribution in [1.29, 1.82) is 0 Å².